The van der Waals surface area contributed by atoms with Crippen LogP contribution in [0.2, 0.25) is 0 Å². The van der Waals surface area contributed by atoms with Gasteiger partial charge in [0.1, 0.15) is 0 Å². The quantitative estimate of drug-likeness (QED) is 0.564. The van der Waals surface area contributed by atoms with Gasteiger partial charge in [0.05, 0.1) is 30.4 Å². The Labute approximate surface area is 163 Å². The highest BCUT2D eigenvalue weighted by molar-refractivity contribution is 9.10. The zero-order chi connectivity index (χ0) is 18.4. The van der Waals surface area contributed by atoms with Gasteiger partial charge in [-0.05, 0) is 35.7 Å². The van der Waals surface area contributed by atoms with E-state index in [4.69, 9.17) is 14.5 Å². The van der Waals surface area contributed by atoms with E-state index in [9.17, 15) is 0 Å². The lowest BCUT2D eigenvalue weighted by molar-refractivity contribution is 0.117. The van der Waals surface area contributed by atoms with Crippen LogP contribution in [-0.4, -0.2) is 79.9 Å². The molecule has 0 spiro atoms. The van der Waals surface area contributed by atoms with Crippen LogP contribution >= 0.6 is 15.9 Å². The summed E-state index contributed by atoms with van der Waals surface area (Å²) >= 11 is 3.39. The van der Waals surface area contributed by atoms with Gasteiger partial charge in [-0.2, -0.15) is 4.98 Å². The molecule has 2 saturated heterocycles. The summed E-state index contributed by atoms with van der Waals surface area (Å²) in [5.41, 5.74) is 0. The number of aromatic nitrogens is 2. The number of nitrogens with zero attached hydrogens (tertiary/aromatic N) is 5. The average molecular weight is 427 g/mol. The van der Waals surface area contributed by atoms with Gasteiger partial charge < -0.3 is 24.6 Å². The molecule has 2 fully saturated rings. The second-order valence-electron chi connectivity index (χ2n) is 6.33. The summed E-state index contributed by atoms with van der Waals surface area (Å²) in [7, 11) is 1.61. The zero-order valence-electron chi connectivity index (χ0n) is 15.4. The lowest BCUT2D eigenvalue weighted by atomic mass is 10.2. The van der Waals surface area contributed by atoms with E-state index < -0.39 is 0 Å². The first-order valence-corrected chi connectivity index (χ1v) is 9.97. The first-order chi connectivity index (χ1) is 12.7. The number of piperazine rings is 1. The van der Waals surface area contributed by atoms with E-state index in [-0.39, 0.29) is 6.10 Å². The molecule has 0 amide bonds. The third-order valence-electron chi connectivity index (χ3n) is 4.56. The highest BCUT2D eigenvalue weighted by Crippen LogP contribution is 2.24. The van der Waals surface area contributed by atoms with Crippen molar-refractivity contribution in [3.63, 3.8) is 0 Å². The maximum atomic E-state index is 5.68. The van der Waals surface area contributed by atoms with E-state index in [0.29, 0.717) is 11.8 Å². The van der Waals surface area contributed by atoms with E-state index in [1.165, 1.54) is 0 Å². The fraction of sp³-hybridized carbons (Fsp3) is 0.706. The molecular formula is C17H27BrN6O2. The van der Waals surface area contributed by atoms with Crippen molar-refractivity contribution in [2.24, 2.45) is 4.99 Å². The number of hydrogen-bond acceptors (Lipinski definition) is 6. The number of rotatable bonds is 5. The first kappa shape index (κ1) is 19.2. The molecule has 1 N–H and O–H groups in total. The molecule has 2 aliphatic rings. The van der Waals surface area contributed by atoms with Crippen molar-refractivity contribution in [2.45, 2.75) is 25.9 Å². The Kier molecular flexibility index (Phi) is 6.90. The van der Waals surface area contributed by atoms with E-state index in [1.807, 2.05) is 0 Å². The summed E-state index contributed by atoms with van der Waals surface area (Å²) in [6.07, 6.45) is 4.26. The molecule has 0 bridgehead atoms. The summed E-state index contributed by atoms with van der Waals surface area (Å²) < 4.78 is 11.7. The lowest BCUT2D eigenvalue weighted by Gasteiger charge is -2.36. The number of aliphatic imine (C=N–C) groups is 1. The Balaban J connectivity index is 1.59. The average Bonchev–Trinajstić information content (AvgIpc) is 3.19. The topological polar surface area (TPSA) is 75.1 Å². The minimum atomic E-state index is 0.272. The molecule has 26 heavy (non-hydrogen) atoms. The number of methoxy groups -OCH3 is 1. The molecule has 2 aliphatic heterocycles. The van der Waals surface area contributed by atoms with Crippen LogP contribution in [0.1, 0.15) is 19.8 Å². The Bertz CT molecular complexity index is 615. The molecule has 0 aliphatic carbocycles. The number of halogens is 1. The molecule has 0 saturated carbocycles. The van der Waals surface area contributed by atoms with Crippen LogP contribution in [-0.2, 0) is 4.74 Å². The van der Waals surface area contributed by atoms with Crippen molar-refractivity contribution in [3.8, 4) is 5.88 Å². The molecule has 1 aromatic heterocycles. The largest absolute Gasteiger partial charge is 0.480 e. The zero-order valence-corrected chi connectivity index (χ0v) is 17.0. The number of nitrogens with one attached hydrogen (secondary N) is 1. The predicted molar refractivity (Wildman–Crippen MR) is 105 cm³/mol. The summed E-state index contributed by atoms with van der Waals surface area (Å²) in [4.78, 5) is 18.1. The lowest BCUT2D eigenvalue weighted by Crippen LogP contribution is -2.53. The van der Waals surface area contributed by atoms with Gasteiger partial charge in [0.15, 0.2) is 5.96 Å². The minimum Gasteiger partial charge on any atom is -0.480 e. The maximum absolute atomic E-state index is 5.68. The number of ether oxygens (including phenoxy) is 2. The minimum absolute atomic E-state index is 0.272. The normalized spacial score (nSPS) is 21.2. The van der Waals surface area contributed by atoms with Gasteiger partial charge >= 0.3 is 0 Å². The van der Waals surface area contributed by atoms with Crippen molar-refractivity contribution in [1.82, 2.24) is 20.2 Å². The molecule has 9 heteroatoms. The Morgan fingerprint density at radius 3 is 2.88 bits per heavy atom. The summed E-state index contributed by atoms with van der Waals surface area (Å²) in [6, 6.07) is 0. The van der Waals surface area contributed by atoms with Crippen molar-refractivity contribution in [2.75, 3.05) is 57.9 Å². The van der Waals surface area contributed by atoms with Gasteiger partial charge in [0.25, 0.3) is 0 Å². The summed E-state index contributed by atoms with van der Waals surface area (Å²) in [5, 5.41) is 3.40. The molecule has 0 aromatic carbocycles. The smallest absolute Gasteiger partial charge is 0.232 e. The second-order valence-corrected chi connectivity index (χ2v) is 7.19. The van der Waals surface area contributed by atoms with Crippen LogP contribution in [0.4, 0.5) is 5.95 Å². The van der Waals surface area contributed by atoms with Gasteiger partial charge in [-0.1, -0.05) is 0 Å². The fourth-order valence-electron chi connectivity index (χ4n) is 3.16. The van der Waals surface area contributed by atoms with Crippen LogP contribution in [0.5, 0.6) is 5.88 Å². The monoisotopic (exact) mass is 426 g/mol. The van der Waals surface area contributed by atoms with E-state index in [0.717, 1.165) is 69.1 Å². The Morgan fingerprint density at radius 1 is 1.42 bits per heavy atom. The van der Waals surface area contributed by atoms with Gasteiger partial charge in [-0.15, -0.1) is 0 Å². The van der Waals surface area contributed by atoms with E-state index >= 15 is 0 Å². The van der Waals surface area contributed by atoms with Crippen molar-refractivity contribution in [3.05, 3.63) is 10.7 Å². The summed E-state index contributed by atoms with van der Waals surface area (Å²) in [5.74, 6) is 2.23. The number of anilines is 1. The Morgan fingerprint density at radius 2 is 2.23 bits per heavy atom. The van der Waals surface area contributed by atoms with E-state index in [1.54, 1.807) is 13.3 Å². The highest BCUT2D eigenvalue weighted by Gasteiger charge is 2.23. The van der Waals surface area contributed by atoms with Crippen LogP contribution in [0, 0.1) is 0 Å². The van der Waals surface area contributed by atoms with Crippen molar-refractivity contribution < 1.29 is 9.47 Å². The van der Waals surface area contributed by atoms with Gasteiger partial charge in [-0.25, -0.2) is 4.98 Å². The number of hydrogen-bond donors (Lipinski definition) is 1. The second kappa shape index (κ2) is 9.36. The molecule has 1 unspecified atom stereocenters. The third kappa shape index (κ3) is 4.76. The van der Waals surface area contributed by atoms with Gasteiger partial charge in [0.2, 0.25) is 11.8 Å². The standard InChI is InChI=1S/C17H27BrN6O2/c1-3-19-16(20-11-13-5-4-10-26-13)23-6-8-24(9-7-23)17-21-12-14(18)15(22-17)25-2/h12-13H,3-11H2,1-2H3,(H,19,20). The van der Waals surface area contributed by atoms with Crippen LogP contribution in [0.15, 0.2) is 15.7 Å². The molecule has 8 nitrogen and oxygen atoms in total. The molecule has 3 heterocycles. The fourth-order valence-corrected chi connectivity index (χ4v) is 3.51. The molecular weight excluding hydrogens is 400 g/mol. The van der Waals surface area contributed by atoms with Crippen LogP contribution in [0.3, 0.4) is 0 Å². The van der Waals surface area contributed by atoms with Crippen LogP contribution < -0.4 is 15.0 Å². The van der Waals surface area contributed by atoms with Crippen LogP contribution in [0.25, 0.3) is 0 Å². The predicted octanol–water partition coefficient (Wildman–Crippen LogP) is 1.51. The maximum Gasteiger partial charge on any atom is 0.232 e. The molecule has 3 rings (SSSR count). The SMILES string of the molecule is CCNC(=NCC1CCCO1)N1CCN(c2ncc(Br)c(OC)n2)CC1. The molecule has 144 valence electrons. The molecule has 1 aromatic rings. The van der Waals surface area contributed by atoms with E-state index in [2.05, 4.69) is 47.9 Å². The summed E-state index contributed by atoms with van der Waals surface area (Å²) in [6.45, 7) is 7.99. The Hall–Kier alpha value is -1.61. The van der Waals surface area contributed by atoms with Gasteiger partial charge in [0, 0.05) is 39.3 Å². The third-order valence-corrected chi connectivity index (χ3v) is 5.10. The highest BCUT2D eigenvalue weighted by atomic mass is 79.9. The van der Waals surface area contributed by atoms with Crippen molar-refractivity contribution in [1.29, 1.82) is 0 Å². The molecule has 1 atom stereocenters. The first-order valence-electron chi connectivity index (χ1n) is 9.17. The van der Waals surface area contributed by atoms with Gasteiger partial charge in [-0.3, -0.25) is 4.99 Å². The molecule has 0 radical (unpaired) electrons. The van der Waals surface area contributed by atoms with Crippen molar-refractivity contribution >= 4 is 27.8 Å². The number of guanidine groups is 1.